The molecule has 1 aliphatic heterocycles. The van der Waals surface area contributed by atoms with Crippen LogP contribution in [0.3, 0.4) is 0 Å². The first-order valence-corrected chi connectivity index (χ1v) is 8.77. The first kappa shape index (κ1) is 21.2. The van der Waals surface area contributed by atoms with Crippen LogP contribution in [0.5, 0.6) is 5.75 Å². The lowest BCUT2D eigenvalue weighted by Gasteiger charge is -2.55. The Labute approximate surface area is 172 Å². The number of hydrogen-bond donors (Lipinski definition) is 1. The highest BCUT2D eigenvalue weighted by Crippen LogP contribution is 2.52. The van der Waals surface area contributed by atoms with Gasteiger partial charge in [0.25, 0.3) is 0 Å². The molecule has 26 heavy (non-hydrogen) atoms. The van der Waals surface area contributed by atoms with E-state index in [1.807, 2.05) is 18.0 Å². The molecule has 0 aromatic heterocycles. The van der Waals surface area contributed by atoms with Gasteiger partial charge in [0, 0.05) is 44.6 Å². The van der Waals surface area contributed by atoms with Gasteiger partial charge in [-0.1, -0.05) is 19.9 Å². The van der Waals surface area contributed by atoms with Gasteiger partial charge in [-0.3, -0.25) is 4.99 Å². The molecule has 0 spiro atoms. The van der Waals surface area contributed by atoms with Gasteiger partial charge in [-0.25, -0.2) is 4.39 Å². The number of fused-ring (bicyclic) bond motifs is 1. The molecule has 5 nitrogen and oxygen atoms in total. The van der Waals surface area contributed by atoms with Crippen LogP contribution < -0.4 is 10.1 Å². The number of benzene rings is 1. The molecule has 0 bridgehead atoms. The highest BCUT2D eigenvalue weighted by Gasteiger charge is 2.59. The number of hydrogen-bond acceptors (Lipinski definition) is 3. The average Bonchev–Trinajstić information content (AvgIpc) is 3.02. The van der Waals surface area contributed by atoms with E-state index in [2.05, 4.69) is 24.2 Å². The topological polar surface area (TPSA) is 46.1 Å². The number of methoxy groups -OCH3 is 1. The van der Waals surface area contributed by atoms with Crippen molar-refractivity contribution in [2.24, 2.45) is 16.3 Å². The van der Waals surface area contributed by atoms with E-state index in [9.17, 15) is 4.39 Å². The molecule has 146 valence electrons. The lowest BCUT2D eigenvalue weighted by Crippen LogP contribution is -2.67. The number of nitrogens with zero attached hydrogens (tertiary/aromatic N) is 2. The van der Waals surface area contributed by atoms with Gasteiger partial charge in [-0.05, 0) is 24.1 Å². The van der Waals surface area contributed by atoms with E-state index in [1.54, 1.807) is 13.1 Å². The molecule has 2 fully saturated rings. The number of guanidine groups is 1. The quantitative estimate of drug-likeness (QED) is 0.411. The van der Waals surface area contributed by atoms with Crippen molar-refractivity contribution in [2.45, 2.75) is 39.0 Å². The van der Waals surface area contributed by atoms with Crippen LogP contribution in [0.15, 0.2) is 23.2 Å². The zero-order valence-electron chi connectivity index (χ0n) is 16.1. The number of aliphatic imine (C=N–C) groups is 1. The van der Waals surface area contributed by atoms with Crippen molar-refractivity contribution in [1.82, 2.24) is 10.2 Å². The van der Waals surface area contributed by atoms with Crippen molar-refractivity contribution in [3.63, 3.8) is 0 Å². The molecule has 1 aromatic rings. The van der Waals surface area contributed by atoms with Gasteiger partial charge in [-0.2, -0.15) is 0 Å². The number of nitrogens with one attached hydrogen (secondary N) is 1. The zero-order valence-corrected chi connectivity index (χ0v) is 18.4. The molecule has 1 aromatic carbocycles. The molecular weight excluding hydrogens is 448 g/mol. The first-order valence-electron chi connectivity index (χ1n) is 8.77. The van der Waals surface area contributed by atoms with E-state index in [-0.39, 0.29) is 41.0 Å². The maximum atomic E-state index is 13.9. The van der Waals surface area contributed by atoms with Crippen LogP contribution in [0.25, 0.3) is 0 Å². The van der Waals surface area contributed by atoms with Gasteiger partial charge in [0.2, 0.25) is 0 Å². The van der Waals surface area contributed by atoms with Gasteiger partial charge in [0.05, 0.1) is 13.2 Å². The fourth-order valence-electron chi connectivity index (χ4n) is 4.26. The van der Waals surface area contributed by atoms with E-state index < -0.39 is 0 Å². The summed E-state index contributed by atoms with van der Waals surface area (Å²) < 4.78 is 24.7. The van der Waals surface area contributed by atoms with Crippen molar-refractivity contribution >= 4 is 29.9 Å². The van der Waals surface area contributed by atoms with Gasteiger partial charge in [-0.15, -0.1) is 24.0 Å². The standard InChI is InChI=1S/C19H28FN3O2.HI/c1-19(2)16(13-8-9-25-17(13)19)22-18(21-3)23(4)11-12-6-7-15(24-5)14(20)10-12;/h6-7,10,13,16-17H,8-9,11H2,1-5H3,(H,21,22);1H. The Morgan fingerprint density at radius 1 is 1.46 bits per heavy atom. The summed E-state index contributed by atoms with van der Waals surface area (Å²) in [5.74, 6) is 1.28. The van der Waals surface area contributed by atoms with Crippen LogP contribution in [-0.4, -0.2) is 50.8 Å². The Kier molecular flexibility index (Phi) is 6.76. The largest absolute Gasteiger partial charge is 0.494 e. The van der Waals surface area contributed by atoms with E-state index in [0.717, 1.165) is 24.6 Å². The molecule has 1 N–H and O–H groups in total. The Bertz CT molecular complexity index is 668. The predicted molar refractivity (Wildman–Crippen MR) is 112 cm³/mol. The average molecular weight is 477 g/mol. The summed E-state index contributed by atoms with van der Waals surface area (Å²) in [6.45, 7) is 5.89. The molecule has 0 amide bonds. The second-order valence-electron chi connectivity index (χ2n) is 7.56. The Morgan fingerprint density at radius 2 is 2.19 bits per heavy atom. The Hall–Kier alpha value is -1.09. The molecule has 1 saturated heterocycles. The minimum Gasteiger partial charge on any atom is -0.494 e. The summed E-state index contributed by atoms with van der Waals surface area (Å²) in [7, 11) is 5.21. The zero-order chi connectivity index (χ0) is 18.2. The van der Waals surface area contributed by atoms with Crippen LogP contribution in [0.4, 0.5) is 4.39 Å². The molecule has 1 heterocycles. The smallest absolute Gasteiger partial charge is 0.193 e. The molecule has 3 atom stereocenters. The summed E-state index contributed by atoms with van der Waals surface area (Å²) in [4.78, 5) is 6.43. The SMILES string of the molecule is CN=C(NC1C2CCOC2C1(C)C)N(C)Cc1ccc(OC)c(F)c1.I. The second-order valence-corrected chi connectivity index (χ2v) is 7.56. The molecule has 3 unspecified atom stereocenters. The third-order valence-electron chi connectivity index (χ3n) is 5.59. The van der Waals surface area contributed by atoms with Crippen LogP contribution in [-0.2, 0) is 11.3 Å². The maximum absolute atomic E-state index is 13.9. The van der Waals surface area contributed by atoms with E-state index >= 15 is 0 Å². The highest BCUT2D eigenvalue weighted by atomic mass is 127. The summed E-state index contributed by atoms with van der Waals surface area (Å²) in [5, 5.41) is 3.60. The van der Waals surface area contributed by atoms with Crippen LogP contribution in [0.1, 0.15) is 25.8 Å². The molecule has 7 heteroatoms. The van der Waals surface area contributed by atoms with Crippen LogP contribution in [0, 0.1) is 17.2 Å². The lowest BCUT2D eigenvalue weighted by molar-refractivity contribution is -0.107. The van der Waals surface area contributed by atoms with Gasteiger partial charge >= 0.3 is 0 Å². The highest BCUT2D eigenvalue weighted by molar-refractivity contribution is 14.0. The Morgan fingerprint density at radius 3 is 2.81 bits per heavy atom. The number of rotatable bonds is 4. The van der Waals surface area contributed by atoms with Gasteiger partial charge in [0.15, 0.2) is 17.5 Å². The summed E-state index contributed by atoms with van der Waals surface area (Å²) >= 11 is 0. The van der Waals surface area contributed by atoms with Crippen molar-refractivity contribution in [2.75, 3.05) is 27.8 Å². The van der Waals surface area contributed by atoms with Crippen molar-refractivity contribution in [1.29, 1.82) is 0 Å². The third kappa shape index (κ3) is 3.78. The molecule has 3 rings (SSSR count). The minimum absolute atomic E-state index is 0. The van der Waals surface area contributed by atoms with Gasteiger partial charge < -0.3 is 19.7 Å². The predicted octanol–water partition coefficient (Wildman–Crippen LogP) is 3.27. The van der Waals surface area contributed by atoms with Gasteiger partial charge in [0.1, 0.15) is 0 Å². The molecule has 1 aliphatic carbocycles. The van der Waals surface area contributed by atoms with Crippen molar-refractivity contribution in [3.8, 4) is 5.75 Å². The summed E-state index contributed by atoms with van der Waals surface area (Å²) in [5.41, 5.74) is 0.961. The fraction of sp³-hybridized carbons (Fsp3) is 0.632. The van der Waals surface area contributed by atoms with Crippen molar-refractivity contribution < 1.29 is 13.9 Å². The van der Waals surface area contributed by atoms with E-state index in [0.29, 0.717) is 24.6 Å². The summed E-state index contributed by atoms with van der Waals surface area (Å²) in [6, 6.07) is 5.38. The molecule has 2 aliphatic rings. The monoisotopic (exact) mass is 477 g/mol. The normalized spacial score (nSPS) is 26.4. The first-order chi connectivity index (χ1) is 11.9. The Balaban J connectivity index is 0.00000243. The lowest BCUT2D eigenvalue weighted by atomic mass is 9.57. The van der Waals surface area contributed by atoms with Crippen molar-refractivity contribution in [3.05, 3.63) is 29.6 Å². The minimum atomic E-state index is -0.345. The maximum Gasteiger partial charge on any atom is 0.193 e. The molecule has 1 saturated carbocycles. The van der Waals surface area contributed by atoms with Crippen LogP contribution in [0.2, 0.25) is 0 Å². The number of ether oxygens (including phenoxy) is 2. The van der Waals surface area contributed by atoms with E-state index in [4.69, 9.17) is 9.47 Å². The third-order valence-corrected chi connectivity index (χ3v) is 5.59. The molecule has 0 radical (unpaired) electrons. The number of halogens is 2. The molecular formula is C19H29FIN3O2. The van der Waals surface area contributed by atoms with Crippen LogP contribution >= 0.6 is 24.0 Å². The second kappa shape index (κ2) is 8.29. The summed E-state index contributed by atoms with van der Waals surface area (Å²) in [6.07, 6.45) is 1.43. The van der Waals surface area contributed by atoms with E-state index in [1.165, 1.54) is 13.2 Å². The fourth-order valence-corrected chi connectivity index (χ4v) is 4.26.